The zero-order valence-corrected chi connectivity index (χ0v) is 11.9. The van der Waals surface area contributed by atoms with Crippen LogP contribution in [0.15, 0.2) is 18.2 Å². The summed E-state index contributed by atoms with van der Waals surface area (Å²) in [6.45, 7) is 5.35. The third-order valence-corrected chi connectivity index (χ3v) is 2.72. The zero-order chi connectivity index (χ0) is 14.6. The normalized spacial score (nSPS) is 11.6. The van der Waals surface area contributed by atoms with Gasteiger partial charge >= 0.3 is 0 Å². The smallest absolute Gasteiger partial charge is 0.258 e. The lowest BCUT2D eigenvalue weighted by Gasteiger charge is -2.28. The van der Waals surface area contributed by atoms with Gasteiger partial charge in [0.2, 0.25) is 0 Å². The Morgan fingerprint density at radius 3 is 2.26 bits per heavy atom. The van der Waals surface area contributed by atoms with Gasteiger partial charge < -0.3 is 20.4 Å². The van der Waals surface area contributed by atoms with Gasteiger partial charge in [0.25, 0.3) is 5.91 Å². The molecule has 1 aromatic rings. The molecule has 0 saturated heterocycles. The van der Waals surface area contributed by atoms with Crippen LogP contribution in [0.4, 0.5) is 0 Å². The van der Waals surface area contributed by atoms with Crippen LogP contribution in [0.5, 0.6) is 11.5 Å². The zero-order valence-electron chi connectivity index (χ0n) is 11.9. The molecule has 5 nitrogen and oxygen atoms in total. The number of hydrogen-bond donors (Lipinski definition) is 3. The number of aromatic hydroxyl groups is 2. The van der Waals surface area contributed by atoms with E-state index in [4.69, 9.17) is 0 Å². The predicted molar refractivity (Wildman–Crippen MR) is 74.4 cm³/mol. The average Bonchev–Trinajstić information content (AvgIpc) is 2.24. The van der Waals surface area contributed by atoms with Crippen LogP contribution in [0.25, 0.3) is 0 Å². The summed E-state index contributed by atoms with van der Waals surface area (Å²) in [6, 6.07) is 4.23. The van der Waals surface area contributed by atoms with Crippen molar-refractivity contribution in [1.29, 1.82) is 0 Å². The Morgan fingerprint density at radius 2 is 1.79 bits per heavy atom. The van der Waals surface area contributed by atoms with Gasteiger partial charge in [-0.2, -0.15) is 0 Å². The molecule has 1 rings (SSSR count). The first-order valence-corrected chi connectivity index (χ1v) is 6.17. The number of phenols is 2. The van der Waals surface area contributed by atoms with Crippen LogP contribution in [-0.2, 0) is 0 Å². The summed E-state index contributed by atoms with van der Waals surface area (Å²) in [5.41, 5.74) is -0.178. The lowest BCUT2D eigenvalue weighted by Crippen LogP contribution is -2.40. The van der Waals surface area contributed by atoms with Gasteiger partial charge in [-0.05, 0) is 31.6 Å². The minimum Gasteiger partial charge on any atom is -0.507 e. The molecule has 1 amide bonds. The Kier molecular flexibility index (Phi) is 4.78. The van der Waals surface area contributed by atoms with E-state index in [0.29, 0.717) is 6.54 Å². The maximum absolute atomic E-state index is 12.0. The molecule has 0 saturated carbocycles. The Morgan fingerprint density at radius 1 is 1.26 bits per heavy atom. The molecule has 0 bridgehead atoms. The summed E-state index contributed by atoms with van der Waals surface area (Å²) in [5.74, 6) is -0.909. The fourth-order valence-corrected chi connectivity index (χ4v) is 2.08. The molecule has 0 aromatic heterocycles. The van der Waals surface area contributed by atoms with Crippen LogP contribution in [0.3, 0.4) is 0 Å². The van der Waals surface area contributed by atoms with Crippen molar-refractivity contribution >= 4 is 5.91 Å². The standard InChI is InChI=1S/C14H22N2O3/c1-14(2,9-16(3)4)8-15-13(19)12-10(17)6-5-7-11(12)18/h5-7,17-18H,8-9H2,1-4H3,(H,15,19). The second kappa shape index (κ2) is 5.93. The van der Waals surface area contributed by atoms with Gasteiger partial charge in [0.1, 0.15) is 17.1 Å². The summed E-state index contributed by atoms with van der Waals surface area (Å²) in [4.78, 5) is 14.0. The fraction of sp³-hybridized carbons (Fsp3) is 0.500. The molecule has 106 valence electrons. The van der Waals surface area contributed by atoms with Gasteiger partial charge in [-0.25, -0.2) is 0 Å². The molecule has 1 aromatic carbocycles. The molecular weight excluding hydrogens is 244 g/mol. The van der Waals surface area contributed by atoms with E-state index < -0.39 is 5.91 Å². The molecule has 0 unspecified atom stereocenters. The highest BCUT2D eigenvalue weighted by molar-refractivity contribution is 5.99. The lowest BCUT2D eigenvalue weighted by atomic mass is 9.93. The molecule has 0 aliphatic carbocycles. The number of phenolic OH excluding ortho intramolecular Hbond substituents is 2. The second-order valence-electron chi connectivity index (χ2n) is 5.76. The number of nitrogens with one attached hydrogen (secondary N) is 1. The number of nitrogens with zero attached hydrogens (tertiary/aromatic N) is 1. The van der Waals surface area contributed by atoms with E-state index in [1.54, 1.807) is 0 Å². The van der Waals surface area contributed by atoms with E-state index in [1.165, 1.54) is 18.2 Å². The van der Waals surface area contributed by atoms with E-state index in [-0.39, 0.29) is 22.5 Å². The van der Waals surface area contributed by atoms with Crippen LogP contribution < -0.4 is 5.32 Å². The average molecular weight is 266 g/mol. The number of carbonyl (C=O) groups is 1. The number of hydrogen-bond acceptors (Lipinski definition) is 4. The molecule has 0 radical (unpaired) electrons. The molecular formula is C14H22N2O3. The molecule has 0 aliphatic rings. The summed E-state index contributed by atoms with van der Waals surface area (Å²) in [7, 11) is 3.94. The van der Waals surface area contributed by atoms with Gasteiger partial charge in [-0.15, -0.1) is 0 Å². The van der Waals surface area contributed by atoms with E-state index in [9.17, 15) is 15.0 Å². The minimum atomic E-state index is -0.470. The highest BCUT2D eigenvalue weighted by Crippen LogP contribution is 2.26. The van der Waals surface area contributed by atoms with Crippen LogP contribution >= 0.6 is 0 Å². The molecule has 3 N–H and O–H groups in total. The number of benzene rings is 1. The van der Waals surface area contributed by atoms with Gasteiger partial charge in [0.15, 0.2) is 0 Å². The van der Waals surface area contributed by atoms with Crippen molar-refractivity contribution in [2.75, 3.05) is 27.2 Å². The van der Waals surface area contributed by atoms with Crippen LogP contribution in [0.1, 0.15) is 24.2 Å². The van der Waals surface area contributed by atoms with Gasteiger partial charge in [0, 0.05) is 13.1 Å². The maximum atomic E-state index is 12.0. The van der Waals surface area contributed by atoms with E-state index in [2.05, 4.69) is 5.32 Å². The third-order valence-electron chi connectivity index (χ3n) is 2.72. The molecule has 0 heterocycles. The SMILES string of the molecule is CN(C)CC(C)(C)CNC(=O)c1c(O)cccc1O. The van der Waals surface area contributed by atoms with Crippen molar-refractivity contribution in [3.63, 3.8) is 0 Å². The third kappa shape index (κ3) is 4.44. The summed E-state index contributed by atoms with van der Waals surface area (Å²) < 4.78 is 0. The lowest BCUT2D eigenvalue weighted by molar-refractivity contribution is 0.0923. The van der Waals surface area contributed by atoms with Crippen molar-refractivity contribution < 1.29 is 15.0 Å². The maximum Gasteiger partial charge on any atom is 0.258 e. The highest BCUT2D eigenvalue weighted by atomic mass is 16.3. The topological polar surface area (TPSA) is 72.8 Å². The first-order valence-electron chi connectivity index (χ1n) is 6.17. The van der Waals surface area contributed by atoms with Crippen molar-refractivity contribution in [1.82, 2.24) is 10.2 Å². The van der Waals surface area contributed by atoms with E-state index >= 15 is 0 Å². The van der Waals surface area contributed by atoms with Crippen molar-refractivity contribution in [3.8, 4) is 11.5 Å². The van der Waals surface area contributed by atoms with Gasteiger partial charge in [-0.3, -0.25) is 4.79 Å². The van der Waals surface area contributed by atoms with Crippen molar-refractivity contribution in [3.05, 3.63) is 23.8 Å². The molecule has 5 heteroatoms. The molecule has 0 spiro atoms. The number of rotatable bonds is 5. The van der Waals surface area contributed by atoms with E-state index in [1.807, 2.05) is 32.8 Å². The Labute approximate surface area is 113 Å². The van der Waals surface area contributed by atoms with Crippen LogP contribution in [0, 0.1) is 5.41 Å². The molecule has 0 fully saturated rings. The number of carbonyl (C=O) groups excluding carboxylic acids is 1. The Bertz CT molecular complexity index is 436. The largest absolute Gasteiger partial charge is 0.507 e. The number of amides is 1. The minimum absolute atomic E-state index is 0.0804. The summed E-state index contributed by atoms with van der Waals surface area (Å²) >= 11 is 0. The van der Waals surface area contributed by atoms with Crippen molar-refractivity contribution in [2.45, 2.75) is 13.8 Å². The first kappa shape index (κ1) is 15.3. The second-order valence-corrected chi connectivity index (χ2v) is 5.76. The molecule has 0 aliphatic heterocycles. The highest BCUT2D eigenvalue weighted by Gasteiger charge is 2.22. The quantitative estimate of drug-likeness (QED) is 0.753. The van der Waals surface area contributed by atoms with E-state index in [0.717, 1.165) is 6.54 Å². The molecule has 0 atom stereocenters. The van der Waals surface area contributed by atoms with Gasteiger partial charge in [-0.1, -0.05) is 19.9 Å². The summed E-state index contributed by atoms with van der Waals surface area (Å²) in [5, 5.41) is 22.0. The van der Waals surface area contributed by atoms with Crippen molar-refractivity contribution in [2.24, 2.45) is 5.41 Å². The monoisotopic (exact) mass is 266 g/mol. The molecule has 19 heavy (non-hydrogen) atoms. The Hall–Kier alpha value is -1.75. The fourth-order valence-electron chi connectivity index (χ4n) is 2.08. The Balaban J connectivity index is 2.71. The van der Waals surface area contributed by atoms with Gasteiger partial charge in [0.05, 0.1) is 0 Å². The first-order chi connectivity index (χ1) is 8.73. The predicted octanol–water partition coefficient (Wildman–Crippen LogP) is 1.42. The van der Waals surface area contributed by atoms with Crippen LogP contribution in [0.2, 0.25) is 0 Å². The summed E-state index contributed by atoms with van der Waals surface area (Å²) in [6.07, 6.45) is 0. The van der Waals surface area contributed by atoms with Crippen LogP contribution in [-0.4, -0.2) is 48.2 Å².